The van der Waals surface area contributed by atoms with Gasteiger partial charge >= 0.3 is 5.97 Å². The summed E-state index contributed by atoms with van der Waals surface area (Å²) in [7, 11) is -3.22. The van der Waals surface area contributed by atoms with E-state index in [1.807, 2.05) is 0 Å². The normalized spacial score (nSPS) is 20.0. The van der Waals surface area contributed by atoms with Crippen molar-refractivity contribution in [2.24, 2.45) is 0 Å². The zero-order valence-electron chi connectivity index (χ0n) is 12.6. The zero-order valence-corrected chi connectivity index (χ0v) is 13.4. The first-order chi connectivity index (χ1) is 9.60. The minimum atomic E-state index is -3.22. The molecule has 0 aliphatic carbocycles. The quantitative estimate of drug-likeness (QED) is 0.645. The molecule has 8 nitrogen and oxygen atoms in total. The molecule has 0 aromatic carbocycles. The molecule has 1 aliphatic heterocycles. The lowest BCUT2D eigenvalue weighted by Crippen LogP contribution is -2.56. The van der Waals surface area contributed by atoms with Gasteiger partial charge in [0.25, 0.3) is 0 Å². The van der Waals surface area contributed by atoms with Crippen LogP contribution in [0.25, 0.3) is 0 Å². The van der Waals surface area contributed by atoms with Gasteiger partial charge in [-0.1, -0.05) is 6.92 Å². The molecular formula is C12H23N3O5S. The van der Waals surface area contributed by atoms with Gasteiger partial charge < -0.3 is 10.0 Å². The van der Waals surface area contributed by atoms with Crippen LogP contribution in [-0.2, 0) is 19.6 Å². The second kappa shape index (κ2) is 6.71. The topological polar surface area (TPSA) is 107 Å². The number of sulfonamides is 1. The van der Waals surface area contributed by atoms with E-state index in [2.05, 4.69) is 5.32 Å². The van der Waals surface area contributed by atoms with Crippen LogP contribution in [-0.4, -0.2) is 79.1 Å². The van der Waals surface area contributed by atoms with E-state index in [9.17, 15) is 18.0 Å². The molecule has 1 amide bonds. The van der Waals surface area contributed by atoms with E-state index in [0.29, 0.717) is 19.5 Å². The number of carboxylic acids is 1. The van der Waals surface area contributed by atoms with E-state index in [-0.39, 0.29) is 25.5 Å². The predicted molar refractivity (Wildman–Crippen MR) is 77.3 cm³/mol. The van der Waals surface area contributed by atoms with Crippen LogP contribution in [0.2, 0.25) is 0 Å². The maximum absolute atomic E-state index is 12.0. The van der Waals surface area contributed by atoms with Crippen molar-refractivity contribution in [3.8, 4) is 0 Å². The van der Waals surface area contributed by atoms with E-state index < -0.39 is 21.5 Å². The molecule has 21 heavy (non-hydrogen) atoms. The number of carbonyl (C=O) groups is 2. The number of aliphatic carboxylic acids is 1. The summed E-state index contributed by atoms with van der Waals surface area (Å²) in [5, 5.41) is 11.9. The highest BCUT2D eigenvalue weighted by Crippen LogP contribution is 2.10. The van der Waals surface area contributed by atoms with Crippen LogP contribution in [0.4, 0.5) is 0 Å². The van der Waals surface area contributed by atoms with E-state index in [1.165, 1.54) is 11.2 Å². The fourth-order valence-electron chi connectivity index (χ4n) is 2.00. The molecule has 0 spiro atoms. The van der Waals surface area contributed by atoms with Crippen LogP contribution in [0.3, 0.4) is 0 Å². The Balaban J connectivity index is 2.50. The smallest absolute Gasteiger partial charge is 0.323 e. The number of nitrogens with one attached hydrogen (secondary N) is 1. The lowest BCUT2D eigenvalue weighted by Gasteiger charge is -2.34. The monoisotopic (exact) mass is 321 g/mol. The molecule has 0 aromatic rings. The first-order valence-electron chi connectivity index (χ1n) is 6.81. The summed E-state index contributed by atoms with van der Waals surface area (Å²) in [6.07, 6.45) is 1.50. The Bertz CT molecular complexity index is 499. The highest BCUT2D eigenvalue weighted by Gasteiger charge is 2.32. The van der Waals surface area contributed by atoms with Crippen LogP contribution in [0.1, 0.15) is 20.3 Å². The van der Waals surface area contributed by atoms with Crippen LogP contribution < -0.4 is 5.32 Å². The lowest BCUT2D eigenvalue weighted by atomic mass is 9.99. The van der Waals surface area contributed by atoms with Gasteiger partial charge in [0.15, 0.2) is 0 Å². The largest absolute Gasteiger partial charge is 0.480 e. The molecule has 1 saturated heterocycles. The molecule has 1 unspecified atom stereocenters. The van der Waals surface area contributed by atoms with Crippen LogP contribution >= 0.6 is 0 Å². The van der Waals surface area contributed by atoms with Gasteiger partial charge in [-0.25, -0.2) is 8.42 Å². The van der Waals surface area contributed by atoms with E-state index in [0.717, 1.165) is 6.26 Å². The minimum absolute atomic E-state index is 0.0739. The summed E-state index contributed by atoms with van der Waals surface area (Å²) in [5.74, 6) is -1.22. The summed E-state index contributed by atoms with van der Waals surface area (Å²) in [6, 6.07) is 0. The summed E-state index contributed by atoms with van der Waals surface area (Å²) >= 11 is 0. The number of hydrogen-bond acceptors (Lipinski definition) is 5. The number of carboxylic acid groups (broad SMARTS) is 1. The van der Waals surface area contributed by atoms with Crippen LogP contribution in [0.5, 0.6) is 0 Å². The Morgan fingerprint density at radius 2 is 1.76 bits per heavy atom. The van der Waals surface area contributed by atoms with Crippen molar-refractivity contribution in [1.82, 2.24) is 14.5 Å². The lowest BCUT2D eigenvalue weighted by molar-refractivity contribution is -0.144. The highest BCUT2D eigenvalue weighted by molar-refractivity contribution is 7.88. The fourth-order valence-corrected chi connectivity index (χ4v) is 2.83. The van der Waals surface area contributed by atoms with E-state index in [4.69, 9.17) is 5.11 Å². The van der Waals surface area contributed by atoms with Crippen molar-refractivity contribution >= 4 is 21.9 Å². The van der Waals surface area contributed by atoms with Crippen molar-refractivity contribution in [2.45, 2.75) is 25.8 Å². The Labute approximate surface area is 125 Å². The standard InChI is InChI=1S/C12H23N3O5S/c1-4-12(2,11(17)18)13-9-10(16)14-5-7-15(8-6-14)21(3,19)20/h13H,4-9H2,1-3H3,(H,17,18). The third kappa shape index (κ3) is 4.65. The van der Waals surface area contributed by atoms with Crippen LogP contribution in [0.15, 0.2) is 0 Å². The molecule has 9 heteroatoms. The average molecular weight is 321 g/mol. The molecule has 0 aromatic heterocycles. The molecule has 1 rings (SSSR count). The van der Waals surface area contributed by atoms with Gasteiger partial charge in [-0.15, -0.1) is 0 Å². The number of piperazine rings is 1. The van der Waals surface area contributed by atoms with Gasteiger partial charge in [0.2, 0.25) is 15.9 Å². The third-order valence-electron chi connectivity index (χ3n) is 3.87. The van der Waals surface area contributed by atoms with Crippen molar-refractivity contribution in [3.05, 3.63) is 0 Å². The zero-order chi connectivity index (χ0) is 16.3. The van der Waals surface area contributed by atoms with Gasteiger partial charge in [0.1, 0.15) is 5.54 Å². The molecule has 0 saturated carbocycles. The van der Waals surface area contributed by atoms with Crippen molar-refractivity contribution in [2.75, 3.05) is 39.0 Å². The molecule has 0 radical (unpaired) electrons. The van der Waals surface area contributed by atoms with Gasteiger partial charge in [0, 0.05) is 26.2 Å². The molecular weight excluding hydrogens is 298 g/mol. The first kappa shape index (κ1) is 17.9. The van der Waals surface area contributed by atoms with Crippen molar-refractivity contribution in [3.63, 3.8) is 0 Å². The minimum Gasteiger partial charge on any atom is -0.480 e. The van der Waals surface area contributed by atoms with Crippen LogP contribution in [0, 0.1) is 0 Å². The number of rotatable bonds is 6. The summed E-state index contributed by atoms with van der Waals surface area (Å²) < 4.78 is 24.1. The highest BCUT2D eigenvalue weighted by atomic mass is 32.2. The molecule has 1 atom stereocenters. The molecule has 2 N–H and O–H groups in total. The predicted octanol–water partition coefficient (Wildman–Crippen LogP) is -1.07. The average Bonchev–Trinajstić information content (AvgIpc) is 2.43. The van der Waals surface area contributed by atoms with Gasteiger partial charge in [-0.05, 0) is 13.3 Å². The number of amides is 1. The van der Waals surface area contributed by atoms with E-state index in [1.54, 1.807) is 11.8 Å². The second-order valence-corrected chi connectivity index (χ2v) is 7.37. The maximum Gasteiger partial charge on any atom is 0.323 e. The van der Waals surface area contributed by atoms with Crippen molar-refractivity contribution in [1.29, 1.82) is 0 Å². The number of carbonyl (C=O) groups excluding carboxylic acids is 1. The second-order valence-electron chi connectivity index (χ2n) is 5.39. The van der Waals surface area contributed by atoms with E-state index >= 15 is 0 Å². The molecule has 0 bridgehead atoms. The van der Waals surface area contributed by atoms with Gasteiger partial charge in [-0.3, -0.25) is 14.9 Å². The van der Waals surface area contributed by atoms with Gasteiger partial charge in [0.05, 0.1) is 12.8 Å². The Morgan fingerprint density at radius 1 is 1.24 bits per heavy atom. The number of hydrogen-bond donors (Lipinski definition) is 2. The summed E-state index contributed by atoms with van der Waals surface area (Å²) in [6.45, 7) is 4.38. The molecule has 1 heterocycles. The maximum atomic E-state index is 12.0. The third-order valence-corrected chi connectivity index (χ3v) is 5.17. The Hall–Kier alpha value is -1.19. The van der Waals surface area contributed by atoms with Crippen molar-refractivity contribution < 1.29 is 23.1 Å². The summed E-state index contributed by atoms with van der Waals surface area (Å²) in [4.78, 5) is 24.7. The first-order valence-corrected chi connectivity index (χ1v) is 8.66. The Morgan fingerprint density at radius 3 is 2.14 bits per heavy atom. The summed E-state index contributed by atoms with van der Waals surface area (Å²) in [5.41, 5.74) is -1.13. The molecule has 122 valence electrons. The molecule has 1 fully saturated rings. The SMILES string of the molecule is CCC(C)(NCC(=O)N1CCN(S(C)(=O)=O)CC1)C(=O)O. The Kier molecular flexibility index (Phi) is 5.71. The number of nitrogens with zero attached hydrogens (tertiary/aromatic N) is 2. The molecule has 1 aliphatic rings. The fraction of sp³-hybridized carbons (Fsp3) is 0.833. The van der Waals surface area contributed by atoms with Gasteiger partial charge in [-0.2, -0.15) is 4.31 Å².